The van der Waals surface area contributed by atoms with Gasteiger partial charge in [-0.15, -0.1) is 24.0 Å². The molecule has 3 atom stereocenters. The highest BCUT2D eigenvalue weighted by Gasteiger charge is 2.25. The van der Waals surface area contributed by atoms with Crippen molar-refractivity contribution in [3.8, 4) is 0 Å². The molecule has 1 aromatic carbocycles. The summed E-state index contributed by atoms with van der Waals surface area (Å²) >= 11 is 0. The predicted octanol–water partition coefficient (Wildman–Crippen LogP) is 3.12. The van der Waals surface area contributed by atoms with E-state index >= 15 is 0 Å². The lowest BCUT2D eigenvalue weighted by atomic mass is 9.95. The number of aliphatic imine (C=N–C) groups is 1. The molecule has 148 valence electrons. The Kier molecular flexibility index (Phi) is 10.5. The fraction of sp³-hybridized carbons (Fsp3) is 0.632. The van der Waals surface area contributed by atoms with E-state index in [-0.39, 0.29) is 24.0 Å². The number of rotatable bonds is 6. The van der Waals surface area contributed by atoms with E-state index in [2.05, 4.69) is 44.8 Å². The smallest absolute Gasteiger partial charge is 0.191 e. The molecule has 3 unspecified atom stereocenters. The van der Waals surface area contributed by atoms with Crippen molar-refractivity contribution in [2.24, 2.45) is 4.99 Å². The Hall–Kier alpha value is -0.830. The quantitative estimate of drug-likeness (QED) is 0.364. The number of anilines is 1. The van der Waals surface area contributed by atoms with E-state index in [1.165, 1.54) is 11.3 Å². The highest BCUT2D eigenvalue weighted by Crippen LogP contribution is 2.23. The minimum absolute atomic E-state index is 0. The first-order chi connectivity index (χ1) is 12.0. The molecule has 0 bridgehead atoms. The highest BCUT2D eigenvalue weighted by atomic mass is 127. The first kappa shape index (κ1) is 23.2. The van der Waals surface area contributed by atoms with Gasteiger partial charge < -0.3 is 15.5 Å². The van der Waals surface area contributed by atoms with Crippen LogP contribution < -0.4 is 15.5 Å². The molecule has 1 aromatic rings. The average molecular weight is 492 g/mol. The maximum absolute atomic E-state index is 12.1. The average Bonchev–Trinajstić information content (AvgIpc) is 2.64. The Labute approximate surface area is 177 Å². The molecule has 1 fully saturated rings. The Bertz CT molecular complexity index is 592. The van der Waals surface area contributed by atoms with Gasteiger partial charge in [-0.05, 0) is 37.0 Å². The van der Waals surface area contributed by atoms with E-state index in [9.17, 15) is 4.21 Å². The Morgan fingerprint density at radius 3 is 2.54 bits per heavy atom. The van der Waals surface area contributed by atoms with Gasteiger partial charge in [0.25, 0.3) is 0 Å². The van der Waals surface area contributed by atoms with Crippen LogP contribution >= 0.6 is 24.0 Å². The van der Waals surface area contributed by atoms with Crippen molar-refractivity contribution in [2.75, 3.05) is 31.8 Å². The molecule has 5 nitrogen and oxygen atoms in total. The molecular weight excluding hydrogens is 459 g/mol. The second-order valence-electron chi connectivity index (χ2n) is 6.79. The molecular formula is C19H33IN4OS. The summed E-state index contributed by atoms with van der Waals surface area (Å²) < 4.78 is 12.1. The Morgan fingerprint density at radius 1 is 1.27 bits per heavy atom. The van der Waals surface area contributed by atoms with Crippen LogP contribution in [0.15, 0.2) is 29.3 Å². The van der Waals surface area contributed by atoms with Crippen LogP contribution in [0.5, 0.6) is 0 Å². The number of guanidine groups is 1. The van der Waals surface area contributed by atoms with Crippen molar-refractivity contribution in [2.45, 2.75) is 50.4 Å². The van der Waals surface area contributed by atoms with Crippen molar-refractivity contribution in [1.29, 1.82) is 0 Å². The van der Waals surface area contributed by atoms with Gasteiger partial charge in [0.15, 0.2) is 5.96 Å². The lowest BCUT2D eigenvalue weighted by Gasteiger charge is -2.30. The van der Waals surface area contributed by atoms with E-state index in [1.54, 1.807) is 7.05 Å². The van der Waals surface area contributed by atoms with Crippen molar-refractivity contribution in [3.63, 3.8) is 0 Å². The Balaban J connectivity index is 0.00000338. The summed E-state index contributed by atoms with van der Waals surface area (Å²) in [6.07, 6.45) is 4.31. The fourth-order valence-electron chi connectivity index (χ4n) is 3.24. The third-order valence-electron chi connectivity index (χ3n) is 4.76. The number of hydrogen-bond donors (Lipinski definition) is 2. The molecule has 0 amide bonds. The number of halogens is 1. The van der Waals surface area contributed by atoms with Crippen molar-refractivity contribution < 1.29 is 4.21 Å². The van der Waals surface area contributed by atoms with Gasteiger partial charge in [0.2, 0.25) is 0 Å². The SMILES string of the molecule is CCS(=O)C1CCCC(NC(=NC)NCc2ccc(N(C)C)cc2)C1.I. The third-order valence-corrected chi connectivity index (χ3v) is 6.50. The molecule has 2 rings (SSSR count). The lowest BCUT2D eigenvalue weighted by molar-refractivity contribution is 0.413. The maximum atomic E-state index is 12.1. The summed E-state index contributed by atoms with van der Waals surface area (Å²) in [6.45, 7) is 2.75. The van der Waals surface area contributed by atoms with Crippen LogP contribution in [0, 0.1) is 0 Å². The fourth-order valence-corrected chi connectivity index (χ4v) is 4.58. The van der Waals surface area contributed by atoms with Crippen LogP contribution in [-0.4, -0.2) is 48.4 Å². The third kappa shape index (κ3) is 7.06. The molecule has 0 saturated heterocycles. The standard InChI is InChI=1S/C19H32N4OS.HI/c1-5-25(24)18-8-6-7-16(13-18)22-19(20-2)21-14-15-9-11-17(12-10-15)23(3)4;/h9-12,16,18H,5-8,13-14H2,1-4H3,(H2,20,21,22);1H. The normalized spacial score (nSPS) is 21.5. The summed E-state index contributed by atoms with van der Waals surface area (Å²) in [4.78, 5) is 6.44. The lowest BCUT2D eigenvalue weighted by Crippen LogP contribution is -2.46. The van der Waals surface area contributed by atoms with Crippen LogP contribution in [0.2, 0.25) is 0 Å². The molecule has 26 heavy (non-hydrogen) atoms. The first-order valence-corrected chi connectivity index (χ1v) is 10.5. The number of benzene rings is 1. The number of nitrogens with zero attached hydrogens (tertiary/aromatic N) is 2. The van der Waals surface area contributed by atoms with Gasteiger partial charge in [0, 0.05) is 61.2 Å². The van der Waals surface area contributed by atoms with Crippen molar-refractivity contribution in [3.05, 3.63) is 29.8 Å². The van der Waals surface area contributed by atoms with Crippen molar-refractivity contribution >= 4 is 46.4 Å². The molecule has 0 aromatic heterocycles. The van der Waals surface area contributed by atoms with Crippen LogP contribution in [0.1, 0.15) is 38.2 Å². The van der Waals surface area contributed by atoms with Crippen LogP contribution in [-0.2, 0) is 17.3 Å². The summed E-state index contributed by atoms with van der Waals surface area (Å²) in [6, 6.07) is 8.88. The maximum Gasteiger partial charge on any atom is 0.191 e. The van der Waals surface area contributed by atoms with Gasteiger partial charge in [0.1, 0.15) is 0 Å². The van der Waals surface area contributed by atoms with E-state index < -0.39 is 10.8 Å². The zero-order valence-electron chi connectivity index (χ0n) is 16.3. The second kappa shape index (κ2) is 11.8. The van der Waals surface area contributed by atoms with Gasteiger partial charge in [-0.2, -0.15) is 0 Å². The molecule has 2 N–H and O–H groups in total. The molecule has 0 radical (unpaired) electrons. The van der Waals surface area contributed by atoms with Crippen LogP contribution in [0.3, 0.4) is 0 Å². The molecule has 0 spiro atoms. The summed E-state index contributed by atoms with van der Waals surface area (Å²) in [5.41, 5.74) is 2.42. The van der Waals surface area contributed by atoms with Gasteiger partial charge in [0.05, 0.1) is 0 Å². The molecule has 1 aliphatic carbocycles. The van der Waals surface area contributed by atoms with E-state index in [1.807, 2.05) is 21.0 Å². The summed E-state index contributed by atoms with van der Waals surface area (Å²) in [5.74, 6) is 1.58. The highest BCUT2D eigenvalue weighted by molar-refractivity contribution is 14.0. The van der Waals surface area contributed by atoms with Gasteiger partial charge in [-0.3, -0.25) is 9.20 Å². The minimum Gasteiger partial charge on any atom is -0.378 e. The largest absolute Gasteiger partial charge is 0.378 e. The number of nitrogens with one attached hydrogen (secondary N) is 2. The van der Waals surface area contributed by atoms with E-state index in [4.69, 9.17) is 0 Å². The molecule has 0 aliphatic heterocycles. The van der Waals surface area contributed by atoms with Gasteiger partial charge in [-0.1, -0.05) is 25.5 Å². The number of hydrogen-bond acceptors (Lipinski definition) is 3. The molecule has 1 aliphatic rings. The molecule has 0 heterocycles. The van der Waals surface area contributed by atoms with E-state index in [0.717, 1.165) is 43.9 Å². The first-order valence-electron chi connectivity index (χ1n) is 9.14. The molecule has 7 heteroatoms. The zero-order chi connectivity index (χ0) is 18.2. The van der Waals surface area contributed by atoms with Crippen LogP contribution in [0.25, 0.3) is 0 Å². The van der Waals surface area contributed by atoms with Gasteiger partial charge in [-0.25, -0.2) is 0 Å². The Morgan fingerprint density at radius 2 is 1.96 bits per heavy atom. The molecule has 1 saturated carbocycles. The topological polar surface area (TPSA) is 56.7 Å². The van der Waals surface area contributed by atoms with Crippen LogP contribution in [0.4, 0.5) is 5.69 Å². The minimum atomic E-state index is -0.695. The summed E-state index contributed by atoms with van der Waals surface area (Å²) in [7, 11) is 5.19. The van der Waals surface area contributed by atoms with Crippen molar-refractivity contribution in [1.82, 2.24) is 10.6 Å². The second-order valence-corrected chi connectivity index (χ2v) is 8.79. The van der Waals surface area contributed by atoms with E-state index in [0.29, 0.717) is 11.3 Å². The zero-order valence-corrected chi connectivity index (χ0v) is 19.5. The predicted molar refractivity (Wildman–Crippen MR) is 124 cm³/mol. The summed E-state index contributed by atoms with van der Waals surface area (Å²) in [5, 5.41) is 7.23. The van der Waals surface area contributed by atoms with Gasteiger partial charge >= 0.3 is 0 Å². The monoisotopic (exact) mass is 492 g/mol.